The van der Waals surface area contributed by atoms with Crippen molar-refractivity contribution >= 4 is 11.8 Å². The Kier molecular flexibility index (Phi) is 4.69. The van der Waals surface area contributed by atoms with E-state index in [0.717, 1.165) is 0 Å². The molecule has 1 aromatic heterocycles. The third-order valence-corrected chi connectivity index (χ3v) is 4.21. The Hall–Kier alpha value is -2.90. The van der Waals surface area contributed by atoms with Gasteiger partial charge in [-0.2, -0.15) is 5.10 Å². The molecule has 0 radical (unpaired) electrons. The van der Waals surface area contributed by atoms with Crippen LogP contribution in [0.5, 0.6) is 5.75 Å². The minimum Gasteiger partial charge on any atom is -0.493 e. The average molecular weight is 346 g/mol. The number of carbonyl (C=O) groups is 2. The summed E-state index contributed by atoms with van der Waals surface area (Å²) in [6.45, 7) is 3.42. The summed E-state index contributed by atoms with van der Waals surface area (Å²) >= 11 is 0. The predicted molar refractivity (Wildman–Crippen MR) is 88.2 cm³/mol. The zero-order valence-electron chi connectivity index (χ0n) is 14.1. The van der Waals surface area contributed by atoms with Crippen LogP contribution in [0.1, 0.15) is 17.4 Å². The molecule has 2 aromatic rings. The van der Waals surface area contributed by atoms with Gasteiger partial charge in [0.15, 0.2) is 11.4 Å². The SMILES string of the molecule is COc1cn(-c2ccc(F)cc2)nc1C(=O)N1CCN(C(C)=O)CC1. The van der Waals surface area contributed by atoms with E-state index in [1.807, 2.05) is 0 Å². The van der Waals surface area contributed by atoms with Gasteiger partial charge >= 0.3 is 0 Å². The summed E-state index contributed by atoms with van der Waals surface area (Å²) in [5, 5.41) is 4.31. The first-order valence-corrected chi connectivity index (χ1v) is 7.94. The van der Waals surface area contributed by atoms with Crippen LogP contribution in [0.4, 0.5) is 4.39 Å². The Morgan fingerprint density at radius 3 is 2.24 bits per heavy atom. The number of rotatable bonds is 3. The zero-order chi connectivity index (χ0) is 18.0. The highest BCUT2D eigenvalue weighted by Gasteiger charge is 2.27. The molecule has 25 heavy (non-hydrogen) atoms. The molecular formula is C17H19FN4O3. The fraction of sp³-hybridized carbons (Fsp3) is 0.353. The maximum absolute atomic E-state index is 13.1. The molecule has 8 heteroatoms. The molecule has 1 aromatic carbocycles. The summed E-state index contributed by atoms with van der Waals surface area (Å²) in [5.41, 5.74) is 0.822. The number of carbonyl (C=O) groups excluding carboxylic acids is 2. The fourth-order valence-electron chi connectivity index (χ4n) is 2.76. The number of amides is 2. The summed E-state index contributed by atoms with van der Waals surface area (Å²) in [6.07, 6.45) is 1.59. The summed E-state index contributed by atoms with van der Waals surface area (Å²) in [7, 11) is 1.47. The molecule has 0 aliphatic carbocycles. The van der Waals surface area contributed by atoms with Crippen molar-refractivity contribution in [2.45, 2.75) is 6.92 Å². The van der Waals surface area contributed by atoms with Gasteiger partial charge in [0.2, 0.25) is 5.91 Å². The summed E-state index contributed by atoms with van der Waals surface area (Å²) < 4.78 is 19.8. The third-order valence-electron chi connectivity index (χ3n) is 4.21. The number of hydrogen-bond acceptors (Lipinski definition) is 4. The highest BCUT2D eigenvalue weighted by molar-refractivity contribution is 5.95. The molecule has 0 atom stereocenters. The monoisotopic (exact) mass is 346 g/mol. The van der Waals surface area contributed by atoms with Crippen molar-refractivity contribution in [3.8, 4) is 11.4 Å². The second-order valence-electron chi connectivity index (χ2n) is 5.77. The lowest BCUT2D eigenvalue weighted by atomic mass is 10.2. The van der Waals surface area contributed by atoms with E-state index in [1.54, 1.807) is 28.1 Å². The molecule has 0 N–H and O–H groups in total. The molecular weight excluding hydrogens is 327 g/mol. The lowest BCUT2D eigenvalue weighted by molar-refractivity contribution is -0.130. The molecule has 2 amide bonds. The van der Waals surface area contributed by atoms with Crippen molar-refractivity contribution < 1.29 is 18.7 Å². The van der Waals surface area contributed by atoms with Gasteiger partial charge in [0.25, 0.3) is 5.91 Å². The molecule has 132 valence electrons. The molecule has 1 saturated heterocycles. The van der Waals surface area contributed by atoms with Crippen LogP contribution < -0.4 is 4.74 Å². The highest BCUT2D eigenvalue weighted by atomic mass is 19.1. The van der Waals surface area contributed by atoms with Crippen molar-refractivity contribution in [2.24, 2.45) is 0 Å². The van der Waals surface area contributed by atoms with Gasteiger partial charge in [0.1, 0.15) is 5.82 Å². The molecule has 3 rings (SSSR count). The van der Waals surface area contributed by atoms with Crippen molar-refractivity contribution in [1.29, 1.82) is 0 Å². The first-order valence-electron chi connectivity index (χ1n) is 7.94. The smallest absolute Gasteiger partial charge is 0.278 e. The van der Waals surface area contributed by atoms with E-state index in [-0.39, 0.29) is 23.3 Å². The average Bonchev–Trinajstić information content (AvgIpc) is 3.06. The Morgan fingerprint density at radius 1 is 1.08 bits per heavy atom. The lowest BCUT2D eigenvalue weighted by Crippen LogP contribution is -2.50. The first kappa shape index (κ1) is 16.9. The van der Waals surface area contributed by atoms with Gasteiger partial charge in [-0.15, -0.1) is 0 Å². The number of methoxy groups -OCH3 is 1. The normalized spacial score (nSPS) is 14.5. The van der Waals surface area contributed by atoms with E-state index in [4.69, 9.17) is 4.74 Å². The van der Waals surface area contributed by atoms with Crippen molar-refractivity contribution in [1.82, 2.24) is 19.6 Å². The van der Waals surface area contributed by atoms with Crippen molar-refractivity contribution in [3.05, 3.63) is 42.0 Å². The second kappa shape index (κ2) is 6.92. The van der Waals surface area contributed by atoms with Gasteiger partial charge < -0.3 is 14.5 Å². The quantitative estimate of drug-likeness (QED) is 0.841. The standard InChI is InChI=1S/C17H19FN4O3/c1-12(23)20-7-9-21(10-8-20)17(24)16-15(25-2)11-22(19-16)14-5-3-13(18)4-6-14/h3-6,11H,7-10H2,1-2H3. The summed E-state index contributed by atoms with van der Waals surface area (Å²) in [6, 6.07) is 5.79. The number of nitrogens with zero attached hydrogens (tertiary/aromatic N) is 4. The van der Waals surface area contributed by atoms with Crippen molar-refractivity contribution in [2.75, 3.05) is 33.3 Å². The fourth-order valence-corrected chi connectivity index (χ4v) is 2.76. The summed E-state index contributed by atoms with van der Waals surface area (Å²) in [5.74, 6) is -0.239. The molecule has 0 spiro atoms. The van der Waals surface area contributed by atoms with Gasteiger partial charge in [-0.25, -0.2) is 9.07 Å². The Balaban J connectivity index is 1.81. The molecule has 1 aliphatic heterocycles. The Labute approximate surface area is 144 Å². The minimum absolute atomic E-state index is 0.00488. The van der Waals surface area contributed by atoms with Crippen LogP contribution >= 0.6 is 0 Å². The Morgan fingerprint density at radius 2 is 1.68 bits per heavy atom. The lowest BCUT2D eigenvalue weighted by Gasteiger charge is -2.33. The van der Waals surface area contributed by atoms with Crippen LogP contribution in [0.2, 0.25) is 0 Å². The van der Waals surface area contributed by atoms with Crippen LogP contribution in [0.15, 0.2) is 30.5 Å². The van der Waals surface area contributed by atoms with Gasteiger partial charge in [-0.05, 0) is 24.3 Å². The largest absolute Gasteiger partial charge is 0.493 e. The number of benzene rings is 1. The van der Waals surface area contributed by atoms with E-state index < -0.39 is 0 Å². The molecule has 0 bridgehead atoms. The molecule has 0 unspecified atom stereocenters. The van der Waals surface area contributed by atoms with E-state index in [2.05, 4.69) is 5.10 Å². The van der Waals surface area contributed by atoms with Gasteiger partial charge in [0, 0.05) is 33.1 Å². The van der Waals surface area contributed by atoms with E-state index in [9.17, 15) is 14.0 Å². The number of piperazine rings is 1. The molecule has 7 nitrogen and oxygen atoms in total. The second-order valence-corrected chi connectivity index (χ2v) is 5.77. The number of ether oxygens (including phenoxy) is 1. The van der Waals surface area contributed by atoms with Crippen LogP contribution in [0, 0.1) is 5.82 Å². The van der Waals surface area contributed by atoms with Gasteiger partial charge in [-0.3, -0.25) is 9.59 Å². The summed E-state index contributed by atoms with van der Waals surface area (Å²) in [4.78, 5) is 27.5. The highest BCUT2D eigenvalue weighted by Crippen LogP contribution is 2.22. The van der Waals surface area contributed by atoms with E-state index >= 15 is 0 Å². The van der Waals surface area contributed by atoms with Crippen molar-refractivity contribution in [3.63, 3.8) is 0 Å². The topological polar surface area (TPSA) is 67.7 Å². The van der Waals surface area contributed by atoms with E-state index in [0.29, 0.717) is 37.6 Å². The van der Waals surface area contributed by atoms with Crippen LogP contribution in [-0.4, -0.2) is 64.7 Å². The number of halogens is 1. The molecule has 0 saturated carbocycles. The van der Waals surface area contributed by atoms with Gasteiger partial charge in [0.05, 0.1) is 19.0 Å². The van der Waals surface area contributed by atoms with E-state index in [1.165, 1.54) is 30.8 Å². The Bertz CT molecular complexity index is 780. The predicted octanol–water partition coefficient (Wildman–Crippen LogP) is 1.32. The zero-order valence-corrected chi connectivity index (χ0v) is 14.1. The first-order chi connectivity index (χ1) is 12.0. The maximum Gasteiger partial charge on any atom is 0.278 e. The molecule has 1 aliphatic rings. The molecule has 1 fully saturated rings. The number of aromatic nitrogens is 2. The van der Waals surface area contributed by atoms with Crippen LogP contribution in [0.3, 0.4) is 0 Å². The van der Waals surface area contributed by atoms with Crippen LogP contribution in [-0.2, 0) is 4.79 Å². The number of hydrogen-bond donors (Lipinski definition) is 0. The molecule has 2 heterocycles. The third kappa shape index (κ3) is 3.47. The van der Waals surface area contributed by atoms with Gasteiger partial charge in [-0.1, -0.05) is 0 Å². The maximum atomic E-state index is 13.1. The minimum atomic E-state index is -0.345. The van der Waals surface area contributed by atoms with Crippen LogP contribution in [0.25, 0.3) is 5.69 Å².